The molecule has 0 aliphatic rings. The van der Waals surface area contributed by atoms with Crippen LogP contribution in [0.5, 0.6) is 0 Å². The number of likely N-dealkylation sites (N-methyl/N-ethyl adjacent to an activating group) is 1. The summed E-state index contributed by atoms with van der Waals surface area (Å²) in [6.45, 7) is 1.37. The van der Waals surface area contributed by atoms with E-state index in [9.17, 15) is 31.1 Å². The van der Waals surface area contributed by atoms with Crippen LogP contribution in [0.3, 0.4) is 0 Å². The Balaban J connectivity index is 2.28. The van der Waals surface area contributed by atoms with E-state index >= 15 is 0 Å². The highest BCUT2D eigenvalue weighted by molar-refractivity contribution is 5.46. The second-order valence-corrected chi connectivity index (χ2v) is 7.10. The molecule has 0 radical (unpaired) electrons. The van der Waals surface area contributed by atoms with E-state index in [0.29, 0.717) is 18.5 Å². The molecule has 0 saturated heterocycles. The van der Waals surface area contributed by atoms with Gasteiger partial charge in [0, 0.05) is 6.54 Å². The van der Waals surface area contributed by atoms with Crippen molar-refractivity contribution in [2.45, 2.75) is 31.4 Å². The maximum atomic E-state index is 13.0. The largest absolute Gasteiger partial charge is 0.416 e. The monoisotopic (exact) mass is 448 g/mol. The molecule has 1 amide bonds. The fraction of sp³-hybridized carbons (Fsp3) is 0.381. The van der Waals surface area contributed by atoms with E-state index in [0.717, 1.165) is 11.1 Å². The lowest BCUT2D eigenvalue weighted by Crippen LogP contribution is -2.51. The van der Waals surface area contributed by atoms with Gasteiger partial charge in [-0.1, -0.05) is 29.8 Å². The molecule has 0 aromatic heterocycles. The Morgan fingerprint density at radius 1 is 0.903 bits per heavy atom. The van der Waals surface area contributed by atoms with Gasteiger partial charge in [0.2, 0.25) is 6.41 Å². The van der Waals surface area contributed by atoms with Crippen LogP contribution < -0.4 is 10.6 Å². The first-order valence-electron chi connectivity index (χ1n) is 9.20. The maximum absolute atomic E-state index is 13.0. The summed E-state index contributed by atoms with van der Waals surface area (Å²) >= 11 is 0. The van der Waals surface area contributed by atoms with Crippen molar-refractivity contribution in [3.63, 3.8) is 0 Å². The van der Waals surface area contributed by atoms with Crippen LogP contribution in [0.25, 0.3) is 0 Å². The van der Waals surface area contributed by atoms with E-state index in [-0.39, 0.29) is 24.8 Å². The van der Waals surface area contributed by atoms with Crippen LogP contribution >= 0.6 is 0 Å². The van der Waals surface area contributed by atoms with E-state index in [2.05, 4.69) is 10.6 Å². The molecule has 1 unspecified atom stereocenters. The predicted octanol–water partition coefficient (Wildman–Crippen LogP) is 4.41. The number of ether oxygens (including phenoxy) is 1. The van der Waals surface area contributed by atoms with Gasteiger partial charge in [-0.05, 0) is 43.3 Å². The van der Waals surface area contributed by atoms with E-state index in [1.807, 2.05) is 19.1 Å². The fourth-order valence-corrected chi connectivity index (χ4v) is 3.08. The highest BCUT2D eigenvalue weighted by Gasteiger charge is 2.37. The summed E-state index contributed by atoms with van der Waals surface area (Å²) in [7, 11) is 1.61. The zero-order valence-corrected chi connectivity index (χ0v) is 16.8. The number of amides is 1. The third kappa shape index (κ3) is 6.44. The molecule has 0 bridgehead atoms. The number of carbonyl (C=O) groups excluding carboxylic acids is 1. The van der Waals surface area contributed by atoms with Crippen molar-refractivity contribution in [1.82, 2.24) is 10.6 Å². The number of alkyl halides is 6. The van der Waals surface area contributed by atoms with Gasteiger partial charge >= 0.3 is 12.4 Å². The predicted molar refractivity (Wildman–Crippen MR) is 102 cm³/mol. The van der Waals surface area contributed by atoms with Crippen LogP contribution in [0, 0.1) is 6.92 Å². The van der Waals surface area contributed by atoms with Crippen molar-refractivity contribution in [3.8, 4) is 0 Å². The average molecular weight is 448 g/mol. The lowest BCUT2D eigenvalue weighted by molar-refractivity contribution is -0.143. The molecule has 0 heterocycles. The van der Waals surface area contributed by atoms with Crippen LogP contribution in [-0.4, -0.2) is 26.6 Å². The third-order valence-electron chi connectivity index (χ3n) is 4.83. The van der Waals surface area contributed by atoms with Gasteiger partial charge in [0.05, 0.1) is 29.9 Å². The second-order valence-electron chi connectivity index (χ2n) is 7.10. The van der Waals surface area contributed by atoms with Crippen molar-refractivity contribution in [3.05, 3.63) is 70.3 Å². The summed E-state index contributed by atoms with van der Waals surface area (Å²) in [5.41, 5.74) is -2.29. The summed E-state index contributed by atoms with van der Waals surface area (Å²) < 4.78 is 83.8. The number of hydrogen-bond donors (Lipinski definition) is 2. The smallest absolute Gasteiger partial charge is 0.374 e. The first-order chi connectivity index (χ1) is 14.4. The Kier molecular flexibility index (Phi) is 7.72. The molecule has 170 valence electrons. The topological polar surface area (TPSA) is 50.4 Å². The van der Waals surface area contributed by atoms with E-state index < -0.39 is 35.6 Å². The highest BCUT2D eigenvalue weighted by Crippen LogP contribution is 2.36. The molecule has 0 fully saturated rings. The molecule has 2 rings (SSSR count). The molecule has 31 heavy (non-hydrogen) atoms. The zero-order chi connectivity index (χ0) is 23.3. The highest BCUT2D eigenvalue weighted by atomic mass is 19.4. The fourth-order valence-electron chi connectivity index (χ4n) is 3.08. The normalized spacial score (nSPS) is 14.2. The van der Waals surface area contributed by atoms with Crippen LogP contribution in [0.15, 0.2) is 42.5 Å². The molecule has 1 atom stereocenters. The molecule has 0 aliphatic carbocycles. The van der Waals surface area contributed by atoms with Crippen molar-refractivity contribution in [2.75, 3.05) is 20.2 Å². The van der Waals surface area contributed by atoms with Gasteiger partial charge in [-0.2, -0.15) is 26.3 Å². The van der Waals surface area contributed by atoms with Gasteiger partial charge in [-0.15, -0.1) is 0 Å². The molecule has 2 aromatic rings. The summed E-state index contributed by atoms with van der Waals surface area (Å²) in [5.74, 6) is 0. The number of rotatable bonds is 9. The average Bonchev–Trinajstić information content (AvgIpc) is 2.70. The molecule has 2 N–H and O–H groups in total. The number of carbonyl (C=O) groups is 1. The van der Waals surface area contributed by atoms with Gasteiger partial charge < -0.3 is 15.4 Å². The molecule has 0 saturated carbocycles. The molecule has 4 nitrogen and oxygen atoms in total. The SMILES string of the molecule is CNC(CNC=O)(COCc1cc(C(F)(F)F)cc(C(F)(F)F)c1)c1ccc(C)cc1. The number of nitrogens with one attached hydrogen (secondary N) is 2. The second kappa shape index (κ2) is 9.69. The third-order valence-corrected chi connectivity index (χ3v) is 4.83. The lowest BCUT2D eigenvalue weighted by Gasteiger charge is -2.34. The molecular formula is C21H22F6N2O2. The quantitative estimate of drug-likeness (QED) is 0.442. The Hall–Kier alpha value is -2.59. The number of hydrogen-bond acceptors (Lipinski definition) is 3. The van der Waals surface area contributed by atoms with Crippen LogP contribution in [0.2, 0.25) is 0 Å². The van der Waals surface area contributed by atoms with Crippen molar-refractivity contribution < 1.29 is 35.9 Å². The molecule has 0 spiro atoms. The molecular weight excluding hydrogens is 426 g/mol. The molecule has 2 aromatic carbocycles. The van der Waals surface area contributed by atoms with Crippen molar-refractivity contribution in [2.24, 2.45) is 0 Å². The summed E-state index contributed by atoms with van der Waals surface area (Å²) in [6.07, 6.45) is -9.37. The Morgan fingerprint density at radius 3 is 1.90 bits per heavy atom. The maximum Gasteiger partial charge on any atom is 0.416 e. The van der Waals surface area contributed by atoms with Gasteiger partial charge in [-0.25, -0.2) is 0 Å². The van der Waals surface area contributed by atoms with E-state index in [1.165, 1.54) is 0 Å². The van der Waals surface area contributed by atoms with Gasteiger partial charge in [0.25, 0.3) is 0 Å². The van der Waals surface area contributed by atoms with Crippen LogP contribution in [0.4, 0.5) is 26.3 Å². The van der Waals surface area contributed by atoms with Gasteiger partial charge in [-0.3, -0.25) is 4.79 Å². The number of benzene rings is 2. The summed E-state index contributed by atoms with van der Waals surface area (Å²) in [4.78, 5) is 10.8. The van der Waals surface area contributed by atoms with Gasteiger partial charge in [0.1, 0.15) is 0 Å². The van der Waals surface area contributed by atoms with Gasteiger partial charge in [0.15, 0.2) is 0 Å². The number of halogens is 6. The Morgan fingerprint density at radius 2 is 1.45 bits per heavy atom. The van der Waals surface area contributed by atoms with Crippen LogP contribution in [0.1, 0.15) is 27.8 Å². The first kappa shape index (κ1) is 24.7. The number of aryl methyl sites for hydroxylation is 1. The summed E-state index contributed by atoms with van der Waals surface area (Å²) in [6, 6.07) is 8.61. The van der Waals surface area contributed by atoms with E-state index in [4.69, 9.17) is 4.74 Å². The zero-order valence-electron chi connectivity index (χ0n) is 16.8. The van der Waals surface area contributed by atoms with E-state index in [1.54, 1.807) is 19.2 Å². The molecule has 0 aliphatic heterocycles. The van der Waals surface area contributed by atoms with Crippen molar-refractivity contribution in [1.29, 1.82) is 0 Å². The summed E-state index contributed by atoms with van der Waals surface area (Å²) in [5, 5.41) is 5.58. The van der Waals surface area contributed by atoms with Crippen LogP contribution in [-0.2, 0) is 34.0 Å². The molecule has 10 heteroatoms. The standard InChI is InChI=1S/C21H22F6N2O2/c1-14-3-5-16(6-4-14)19(28-2,11-29-13-30)12-31-10-15-7-17(20(22,23)24)9-18(8-15)21(25,26)27/h3-9,13,28H,10-12H2,1-2H3,(H,29,30). The Labute approximate surface area is 175 Å². The van der Waals surface area contributed by atoms with Crippen molar-refractivity contribution >= 4 is 6.41 Å². The minimum absolute atomic E-state index is 0.0711. The lowest BCUT2D eigenvalue weighted by atomic mass is 9.90. The minimum Gasteiger partial charge on any atom is -0.374 e. The first-order valence-corrected chi connectivity index (χ1v) is 9.20. The minimum atomic E-state index is -4.93. The Bertz CT molecular complexity index is 849.